The minimum atomic E-state index is -0.231. The molecule has 0 bridgehead atoms. The number of benzene rings is 1. The van der Waals surface area contributed by atoms with Crippen LogP contribution in [0.25, 0.3) is 0 Å². The molecule has 3 aliphatic rings. The average Bonchev–Trinajstić information content (AvgIpc) is 3.31. The quantitative estimate of drug-likeness (QED) is 0.847. The Morgan fingerprint density at radius 2 is 2.07 bits per heavy atom. The lowest BCUT2D eigenvalue weighted by atomic mass is 9.85. The largest absolute Gasteiger partial charge is 0.454 e. The third kappa shape index (κ3) is 3.32. The maximum atomic E-state index is 12.9. The van der Waals surface area contributed by atoms with E-state index in [1.165, 1.54) is 6.42 Å². The molecule has 2 aromatic rings. The summed E-state index contributed by atoms with van der Waals surface area (Å²) in [5, 5.41) is 10.9. The maximum absolute atomic E-state index is 12.9. The van der Waals surface area contributed by atoms with E-state index in [0.717, 1.165) is 55.7 Å². The number of fused-ring (bicyclic) bond motifs is 1. The van der Waals surface area contributed by atoms with E-state index in [1.54, 1.807) is 0 Å². The lowest BCUT2D eigenvalue weighted by Crippen LogP contribution is -2.46. The zero-order valence-electron chi connectivity index (χ0n) is 15.7. The van der Waals surface area contributed by atoms with Crippen molar-refractivity contribution in [3.8, 4) is 11.5 Å². The predicted molar refractivity (Wildman–Crippen MR) is 100 cm³/mol. The molecule has 1 unspecified atom stereocenters. The second kappa shape index (κ2) is 7.43. The van der Waals surface area contributed by atoms with E-state index in [2.05, 4.69) is 20.4 Å². The fourth-order valence-corrected chi connectivity index (χ4v) is 4.11. The number of piperidine rings is 1. The van der Waals surface area contributed by atoms with Crippen LogP contribution >= 0.6 is 0 Å². The highest BCUT2D eigenvalue weighted by Gasteiger charge is 2.32. The highest BCUT2D eigenvalue weighted by Crippen LogP contribution is 2.37. The van der Waals surface area contributed by atoms with Crippen LogP contribution in [0, 0.1) is 0 Å². The van der Waals surface area contributed by atoms with Gasteiger partial charge in [-0.3, -0.25) is 15.0 Å². The van der Waals surface area contributed by atoms with Gasteiger partial charge in [0.05, 0.1) is 6.04 Å². The van der Waals surface area contributed by atoms with Crippen LogP contribution in [0.15, 0.2) is 22.6 Å². The molecule has 8 heteroatoms. The van der Waals surface area contributed by atoms with Crippen molar-refractivity contribution in [2.24, 2.45) is 0 Å². The second-order valence-corrected chi connectivity index (χ2v) is 7.70. The molecule has 1 saturated carbocycles. The number of amides is 1. The SMILES string of the molecule is O=C(Nc1nnc(C2CCC2)o1)C1CCCCN1Cc1cccc2c1OCO2. The number of nitrogens with one attached hydrogen (secondary N) is 1. The Labute approximate surface area is 163 Å². The van der Waals surface area contributed by atoms with Crippen molar-refractivity contribution in [3.63, 3.8) is 0 Å². The van der Waals surface area contributed by atoms with Gasteiger partial charge in [0.25, 0.3) is 0 Å². The molecule has 1 atom stereocenters. The maximum Gasteiger partial charge on any atom is 0.322 e. The lowest BCUT2D eigenvalue weighted by Gasteiger charge is -2.34. The van der Waals surface area contributed by atoms with Gasteiger partial charge in [0.1, 0.15) is 0 Å². The van der Waals surface area contributed by atoms with Gasteiger partial charge in [-0.05, 0) is 38.3 Å². The van der Waals surface area contributed by atoms with Crippen LogP contribution in [0.4, 0.5) is 6.01 Å². The fraction of sp³-hybridized carbons (Fsp3) is 0.550. The molecule has 148 valence electrons. The van der Waals surface area contributed by atoms with Crippen molar-refractivity contribution in [2.45, 2.75) is 57.0 Å². The number of likely N-dealkylation sites (tertiary alicyclic amines) is 1. The number of hydrogen-bond acceptors (Lipinski definition) is 7. The Hall–Kier alpha value is -2.61. The second-order valence-electron chi connectivity index (χ2n) is 7.70. The molecule has 1 aromatic heterocycles. The molecule has 5 rings (SSSR count). The van der Waals surface area contributed by atoms with E-state index in [4.69, 9.17) is 13.9 Å². The molecule has 8 nitrogen and oxygen atoms in total. The first-order valence-corrected chi connectivity index (χ1v) is 10.0. The summed E-state index contributed by atoms with van der Waals surface area (Å²) in [5.41, 5.74) is 1.04. The summed E-state index contributed by atoms with van der Waals surface area (Å²) in [5.74, 6) is 2.46. The molecule has 0 radical (unpaired) electrons. The molecule has 3 heterocycles. The summed E-state index contributed by atoms with van der Waals surface area (Å²) in [6, 6.07) is 5.87. The van der Waals surface area contributed by atoms with Crippen molar-refractivity contribution >= 4 is 11.9 Å². The van der Waals surface area contributed by atoms with Gasteiger partial charge >= 0.3 is 6.01 Å². The molecule has 1 aromatic carbocycles. The van der Waals surface area contributed by atoms with Crippen molar-refractivity contribution in [2.75, 3.05) is 18.7 Å². The van der Waals surface area contributed by atoms with Gasteiger partial charge in [0, 0.05) is 18.0 Å². The number of aromatic nitrogens is 2. The number of anilines is 1. The summed E-state index contributed by atoms with van der Waals surface area (Å²) in [6.07, 6.45) is 6.27. The predicted octanol–water partition coefficient (Wildman–Crippen LogP) is 3.06. The van der Waals surface area contributed by atoms with Gasteiger partial charge < -0.3 is 13.9 Å². The first kappa shape index (κ1) is 17.5. The zero-order valence-corrected chi connectivity index (χ0v) is 15.7. The van der Waals surface area contributed by atoms with E-state index < -0.39 is 0 Å². The molecule has 1 aliphatic carbocycles. The minimum absolute atomic E-state index is 0.0896. The van der Waals surface area contributed by atoms with Crippen LogP contribution in [0.3, 0.4) is 0 Å². The Kier molecular flexibility index (Phi) is 4.64. The number of nitrogens with zero attached hydrogens (tertiary/aromatic N) is 3. The molecule has 2 fully saturated rings. The van der Waals surface area contributed by atoms with Crippen LogP contribution < -0.4 is 14.8 Å². The average molecular weight is 384 g/mol. The summed E-state index contributed by atoms with van der Waals surface area (Å²) < 4.78 is 16.7. The summed E-state index contributed by atoms with van der Waals surface area (Å²) in [7, 11) is 0. The molecule has 2 aliphatic heterocycles. The highest BCUT2D eigenvalue weighted by atomic mass is 16.7. The van der Waals surface area contributed by atoms with Crippen LogP contribution in [0.2, 0.25) is 0 Å². The van der Waals surface area contributed by atoms with E-state index in [9.17, 15) is 4.79 Å². The summed E-state index contributed by atoms with van der Waals surface area (Å²) in [6.45, 7) is 1.75. The molecule has 1 saturated heterocycles. The minimum Gasteiger partial charge on any atom is -0.454 e. The Balaban J connectivity index is 1.28. The molecular weight excluding hydrogens is 360 g/mol. The van der Waals surface area contributed by atoms with Crippen molar-refractivity contribution in [1.29, 1.82) is 0 Å². The number of para-hydroxylation sites is 1. The number of carbonyl (C=O) groups is 1. The molecule has 1 N–H and O–H groups in total. The van der Waals surface area contributed by atoms with E-state index >= 15 is 0 Å². The molecular formula is C20H24N4O4. The lowest BCUT2D eigenvalue weighted by molar-refractivity contribution is -0.122. The monoisotopic (exact) mass is 384 g/mol. The van der Waals surface area contributed by atoms with Crippen molar-refractivity contribution < 1.29 is 18.7 Å². The zero-order chi connectivity index (χ0) is 18.9. The van der Waals surface area contributed by atoms with Crippen molar-refractivity contribution in [1.82, 2.24) is 15.1 Å². The van der Waals surface area contributed by atoms with Gasteiger partial charge in [-0.25, -0.2) is 0 Å². The van der Waals surface area contributed by atoms with Crippen molar-refractivity contribution in [3.05, 3.63) is 29.7 Å². The number of hydrogen-bond donors (Lipinski definition) is 1. The van der Waals surface area contributed by atoms with Crippen LogP contribution in [0.1, 0.15) is 55.9 Å². The number of rotatable bonds is 5. The van der Waals surface area contributed by atoms with Gasteiger partial charge in [-0.1, -0.05) is 30.1 Å². The topological polar surface area (TPSA) is 89.7 Å². The Morgan fingerprint density at radius 3 is 2.93 bits per heavy atom. The van der Waals surface area contributed by atoms with Crippen LogP contribution in [0.5, 0.6) is 11.5 Å². The smallest absolute Gasteiger partial charge is 0.322 e. The van der Waals surface area contributed by atoms with E-state index in [-0.39, 0.29) is 24.8 Å². The van der Waals surface area contributed by atoms with Gasteiger partial charge in [0.15, 0.2) is 11.5 Å². The third-order valence-electron chi connectivity index (χ3n) is 5.89. The highest BCUT2D eigenvalue weighted by molar-refractivity contribution is 5.93. The van der Waals surface area contributed by atoms with Crippen LogP contribution in [-0.2, 0) is 11.3 Å². The summed E-state index contributed by atoms with van der Waals surface area (Å²) in [4.78, 5) is 15.1. The standard InChI is InChI=1S/C20H24N4O4/c25-18(21-20-23-22-19(28-20)13-5-3-6-13)15-8-1-2-10-24(15)11-14-7-4-9-16-17(14)27-12-26-16/h4,7,9,13,15H,1-3,5-6,8,10-12H2,(H,21,23,25). The number of carbonyl (C=O) groups excluding carboxylic acids is 1. The van der Waals surface area contributed by atoms with Gasteiger partial charge in [0.2, 0.25) is 18.6 Å². The normalized spacial score (nSPS) is 22.1. The number of ether oxygens (including phenoxy) is 2. The fourth-order valence-electron chi connectivity index (χ4n) is 4.11. The van der Waals surface area contributed by atoms with E-state index in [1.807, 2.05) is 18.2 Å². The van der Waals surface area contributed by atoms with Gasteiger partial charge in [-0.15, -0.1) is 5.10 Å². The molecule has 28 heavy (non-hydrogen) atoms. The summed E-state index contributed by atoms with van der Waals surface area (Å²) >= 11 is 0. The third-order valence-corrected chi connectivity index (χ3v) is 5.89. The van der Waals surface area contributed by atoms with Gasteiger partial charge in [-0.2, -0.15) is 0 Å². The Morgan fingerprint density at radius 1 is 1.14 bits per heavy atom. The van der Waals surface area contributed by atoms with E-state index in [0.29, 0.717) is 18.4 Å². The molecule has 1 amide bonds. The first-order chi connectivity index (χ1) is 13.8. The van der Waals surface area contributed by atoms with Crippen LogP contribution in [-0.4, -0.2) is 40.4 Å². The Bertz CT molecular complexity index is 864. The first-order valence-electron chi connectivity index (χ1n) is 10.0. The molecule has 0 spiro atoms.